The number of nitrogens with two attached hydrogens (primary N) is 1. The smallest absolute Gasteiger partial charge is 0.309 e. The highest BCUT2D eigenvalue weighted by atomic mass is 32.1. The van der Waals surface area contributed by atoms with Crippen molar-refractivity contribution in [3.8, 4) is 0 Å². The number of nitrogens with one attached hydrogen (secondary N) is 2. The van der Waals surface area contributed by atoms with Gasteiger partial charge in [-0.05, 0) is 13.8 Å². The number of rotatable bonds is 4. The number of aryl methyl sites for hydroxylation is 1. The molecule has 0 aliphatic carbocycles. The zero-order chi connectivity index (χ0) is 13.7. The molecule has 4 N–H and O–H groups in total. The number of hydrogen-bond acceptors (Lipinski definition) is 5. The van der Waals surface area contributed by atoms with Crippen molar-refractivity contribution in [2.75, 3.05) is 6.54 Å². The lowest BCUT2D eigenvalue weighted by Gasteiger charge is -2.10. The van der Waals surface area contributed by atoms with Gasteiger partial charge in [-0.15, -0.1) is 11.3 Å². The summed E-state index contributed by atoms with van der Waals surface area (Å²) < 4.78 is 0. The van der Waals surface area contributed by atoms with E-state index in [1.54, 1.807) is 13.1 Å². The monoisotopic (exact) mass is 286 g/mol. The third-order valence-electron chi connectivity index (χ3n) is 1.99. The molecule has 98 valence electrons. The van der Waals surface area contributed by atoms with E-state index >= 15 is 0 Å². The summed E-state index contributed by atoms with van der Waals surface area (Å²) in [5.74, 6) is -1.49. The molecule has 1 unspecified atom stereocenters. The maximum absolute atomic E-state index is 11.5. The van der Waals surface area contributed by atoms with Gasteiger partial charge in [0.05, 0.1) is 17.6 Å². The number of nitrogens with zero attached hydrogens (tertiary/aromatic N) is 1. The molecule has 1 heterocycles. The number of thiazole rings is 1. The van der Waals surface area contributed by atoms with Crippen LogP contribution >= 0.6 is 23.6 Å². The van der Waals surface area contributed by atoms with E-state index in [0.717, 1.165) is 9.88 Å². The third-order valence-corrected chi connectivity index (χ3v) is 3.23. The number of thiocarbonyl (C=S) groups is 1. The van der Waals surface area contributed by atoms with Crippen molar-refractivity contribution in [1.82, 2.24) is 15.6 Å². The minimum absolute atomic E-state index is 0.00628. The molecule has 0 radical (unpaired) electrons. The van der Waals surface area contributed by atoms with Gasteiger partial charge in [0.25, 0.3) is 0 Å². The molecule has 0 fully saturated rings. The molecule has 1 aromatic heterocycles. The Bertz CT molecular complexity index is 472. The van der Waals surface area contributed by atoms with E-state index in [9.17, 15) is 9.59 Å². The van der Waals surface area contributed by atoms with Crippen LogP contribution in [0.1, 0.15) is 22.9 Å². The summed E-state index contributed by atoms with van der Waals surface area (Å²) in [7, 11) is 0. The standard InChI is InChI=1S/C10H14N4O2S2/c1-5-3-13-10(18-5)6(2)14-9(16)8(15)12-4-7(11)17/h3,6H,4H2,1-2H3,(H2,11,17)(H,12,15)(H,14,16). The molecule has 0 spiro atoms. The highest BCUT2D eigenvalue weighted by Gasteiger charge is 2.18. The second kappa shape index (κ2) is 6.41. The molecule has 0 aliphatic rings. The van der Waals surface area contributed by atoms with Crippen LogP contribution in [0.25, 0.3) is 0 Å². The Hall–Kier alpha value is -1.54. The van der Waals surface area contributed by atoms with Crippen LogP contribution < -0.4 is 16.4 Å². The number of carbonyl (C=O) groups is 2. The van der Waals surface area contributed by atoms with Crippen LogP contribution in [0.15, 0.2) is 6.20 Å². The number of carbonyl (C=O) groups excluding carboxylic acids is 2. The topological polar surface area (TPSA) is 97.1 Å². The Morgan fingerprint density at radius 2 is 2.22 bits per heavy atom. The Morgan fingerprint density at radius 3 is 2.72 bits per heavy atom. The maximum atomic E-state index is 11.5. The Balaban J connectivity index is 2.49. The second-order valence-electron chi connectivity index (χ2n) is 3.65. The molecule has 6 nitrogen and oxygen atoms in total. The molecule has 1 aromatic rings. The van der Waals surface area contributed by atoms with E-state index in [4.69, 9.17) is 5.73 Å². The molecule has 0 aromatic carbocycles. The second-order valence-corrected chi connectivity index (χ2v) is 5.44. The molecular formula is C10H14N4O2S2. The van der Waals surface area contributed by atoms with Gasteiger partial charge >= 0.3 is 11.8 Å². The Labute approximate surface area is 114 Å². The van der Waals surface area contributed by atoms with Crippen molar-refractivity contribution in [2.45, 2.75) is 19.9 Å². The predicted octanol–water partition coefficient (Wildman–Crippen LogP) is 0.0310. The summed E-state index contributed by atoms with van der Waals surface area (Å²) in [6, 6.07) is -0.313. The van der Waals surface area contributed by atoms with E-state index in [-0.39, 0.29) is 17.6 Å². The lowest BCUT2D eigenvalue weighted by Crippen LogP contribution is -2.43. The third kappa shape index (κ3) is 4.38. The minimum Gasteiger partial charge on any atom is -0.392 e. The van der Waals surface area contributed by atoms with Crippen molar-refractivity contribution >= 4 is 40.4 Å². The van der Waals surface area contributed by atoms with Crippen molar-refractivity contribution in [3.05, 3.63) is 16.1 Å². The van der Waals surface area contributed by atoms with E-state index in [0.29, 0.717) is 0 Å². The van der Waals surface area contributed by atoms with Crippen LogP contribution in [-0.4, -0.2) is 28.3 Å². The average Bonchev–Trinajstić information content (AvgIpc) is 2.72. The molecule has 0 saturated carbocycles. The number of hydrogen-bond donors (Lipinski definition) is 3. The van der Waals surface area contributed by atoms with Gasteiger partial charge < -0.3 is 16.4 Å². The molecule has 1 rings (SSSR count). The highest BCUT2D eigenvalue weighted by Crippen LogP contribution is 2.18. The van der Waals surface area contributed by atoms with Crippen LogP contribution in [0.2, 0.25) is 0 Å². The van der Waals surface area contributed by atoms with Gasteiger partial charge in [0.1, 0.15) is 5.01 Å². The molecule has 0 aliphatic heterocycles. The zero-order valence-corrected chi connectivity index (χ0v) is 11.7. The van der Waals surface area contributed by atoms with Crippen molar-refractivity contribution in [2.24, 2.45) is 5.73 Å². The first-order chi connectivity index (χ1) is 8.40. The van der Waals surface area contributed by atoms with Crippen LogP contribution in [0, 0.1) is 6.92 Å². The molecule has 1 atom stereocenters. The van der Waals surface area contributed by atoms with Crippen LogP contribution in [-0.2, 0) is 9.59 Å². The summed E-state index contributed by atoms with van der Waals surface area (Å²) in [6.07, 6.45) is 1.72. The summed E-state index contributed by atoms with van der Waals surface area (Å²) in [5, 5.41) is 5.61. The van der Waals surface area contributed by atoms with Crippen LogP contribution in [0.5, 0.6) is 0 Å². The van der Waals surface area contributed by atoms with E-state index in [1.165, 1.54) is 11.3 Å². The van der Waals surface area contributed by atoms with Gasteiger partial charge in [-0.25, -0.2) is 4.98 Å². The van der Waals surface area contributed by atoms with E-state index in [2.05, 4.69) is 27.8 Å². The summed E-state index contributed by atoms with van der Waals surface area (Å²) in [4.78, 5) is 28.2. The first-order valence-corrected chi connectivity index (χ1v) is 6.42. The molecule has 18 heavy (non-hydrogen) atoms. The van der Waals surface area contributed by atoms with E-state index < -0.39 is 11.8 Å². The molecule has 2 amide bonds. The summed E-state index contributed by atoms with van der Waals surface area (Å²) in [6.45, 7) is 3.69. The Kier molecular flexibility index (Phi) is 5.17. The van der Waals surface area contributed by atoms with Crippen molar-refractivity contribution < 1.29 is 9.59 Å². The largest absolute Gasteiger partial charge is 0.392 e. The van der Waals surface area contributed by atoms with Gasteiger partial charge in [-0.2, -0.15) is 0 Å². The normalized spacial score (nSPS) is 11.7. The fraction of sp³-hybridized carbons (Fsp3) is 0.400. The number of amides is 2. The lowest BCUT2D eigenvalue weighted by molar-refractivity contribution is -0.139. The number of aromatic nitrogens is 1. The summed E-state index contributed by atoms with van der Waals surface area (Å²) in [5.41, 5.74) is 5.21. The predicted molar refractivity (Wildman–Crippen MR) is 73.2 cm³/mol. The zero-order valence-electron chi connectivity index (χ0n) is 10.0. The van der Waals surface area contributed by atoms with Crippen LogP contribution in [0.4, 0.5) is 0 Å². The quantitative estimate of drug-likeness (QED) is 0.536. The average molecular weight is 286 g/mol. The maximum Gasteiger partial charge on any atom is 0.309 e. The first-order valence-electron chi connectivity index (χ1n) is 5.19. The van der Waals surface area contributed by atoms with Gasteiger partial charge in [0, 0.05) is 11.1 Å². The van der Waals surface area contributed by atoms with Gasteiger partial charge in [0.15, 0.2) is 0 Å². The molecular weight excluding hydrogens is 272 g/mol. The first kappa shape index (κ1) is 14.5. The molecule has 8 heteroatoms. The van der Waals surface area contributed by atoms with Gasteiger partial charge in [-0.3, -0.25) is 9.59 Å². The van der Waals surface area contributed by atoms with Crippen molar-refractivity contribution in [1.29, 1.82) is 0 Å². The van der Waals surface area contributed by atoms with E-state index in [1.807, 2.05) is 6.92 Å². The highest BCUT2D eigenvalue weighted by molar-refractivity contribution is 7.80. The summed E-state index contributed by atoms with van der Waals surface area (Å²) >= 11 is 6.06. The molecule has 0 bridgehead atoms. The van der Waals surface area contributed by atoms with Gasteiger partial charge in [-0.1, -0.05) is 12.2 Å². The SMILES string of the molecule is Cc1cnc(C(C)NC(=O)C(=O)NCC(N)=S)s1. The van der Waals surface area contributed by atoms with Gasteiger partial charge in [0.2, 0.25) is 0 Å². The fourth-order valence-electron chi connectivity index (χ4n) is 1.14. The van der Waals surface area contributed by atoms with Crippen molar-refractivity contribution in [3.63, 3.8) is 0 Å². The van der Waals surface area contributed by atoms with Crippen LogP contribution in [0.3, 0.4) is 0 Å². The Morgan fingerprint density at radius 1 is 1.56 bits per heavy atom. The lowest BCUT2D eigenvalue weighted by atomic mass is 10.3. The fourth-order valence-corrected chi connectivity index (χ4v) is 1.99. The molecule has 0 saturated heterocycles. The minimum atomic E-state index is -0.761.